The quantitative estimate of drug-likeness (QED) is 0.816. The molecular weight excluding hydrogens is 241 g/mol. The average Bonchev–Trinajstić information content (AvgIpc) is 2.63. The Labute approximate surface area is 94.1 Å². The van der Waals surface area contributed by atoms with Gasteiger partial charge in [-0.25, -0.2) is 0 Å². The Morgan fingerprint density at radius 1 is 1.19 bits per heavy atom. The van der Waals surface area contributed by atoms with Crippen molar-refractivity contribution < 1.29 is 13.2 Å². The van der Waals surface area contributed by atoms with Gasteiger partial charge in [-0.05, 0) is 6.07 Å². The van der Waals surface area contributed by atoms with Crippen LogP contribution in [0.25, 0.3) is 11.3 Å². The van der Waals surface area contributed by atoms with Gasteiger partial charge in [-0.3, -0.25) is 5.10 Å². The van der Waals surface area contributed by atoms with Gasteiger partial charge in [0.25, 0.3) is 0 Å². The van der Waals surface area contributed by atoms with Crippen LogP contribution < -0.4 is 0 Å². The van der Waals surface area contributed by atoms with Crippen molar-refractivity contribution in [2.24, 2.45) is 0 Å². The summed E-state index contributed by atoms with van der Waals surface area (Å²) in [6.07, 6.45) is -3.14. The van der Waals surface area contributed by atoms with Crippen LogP contribution in [0.3, 0.4) is 0 Å². The number of aromatic nitrogens is 2. The highest BCUT2D eigenvalue weighted by Crippen LogP contribution is 2.38. The number of nitrogens with zero attached hydrogens (tertiary/aromatic N) is 1. The van der Waals surface area contributed by atoms with E-state index in [-0.39, 0.29) is 16.3 Å². The molecule has 0 bridgehead atoms. The first kappa shape index (κ1) is 11.0. The van der Waals surface area contributed by atoms with Crippen molar-refractivity contribution >= 4 is 11.6 Å². The smallest absolute Gasteiger partial charge is 0.276 e. The molecule has 1 heterocycles. The Balaban J connectivity index is 2.62. The predicted molar refractivity (Wildman–Crippen MR) is 54.0 cm³/mol. The van der Waals surface area contributed by atoms with Gasteiger partial charge in [0.1, 0.15) is 0 Å². The summed E-state index contributed by atoms with van der Waals surface area (Å²) in [5.74, 6) is 0. The third kappa shape index (κ3) is 1.90. The normalized spacial score (nSPS) is 11.8. The van der Waals surface area contributed by atoms with Crippen molar-refractivity contribution in [3.05, 3.63) is 41.0 Å². The topological polar surface area (TPSA) is 28.7 Å². The van der Waals surface area contributed by atoms with Crippen molar-refractivity contribution in [2.75, 3.05) is 0 Å². The number of rotatable bonds is 1. The molecule has 0 saturated heterocycles. The fourth-order valence-corrected chi connectivity index (χ4v) is 1.60. The van der Waals surface area contributed by atoms with E-state index in [0.29, 0.717) is 0 Å². The van der Waals surface area contributed by atoms with Crippen LogP contribution >= 0.6 is 11.6 Å². The molecule has 0 spiro atoms. The van der Waals surface area contributed by atoms with Gasteiger partial charge in [0.15, 0.2) is 0 Å². The Kier molecular flexibility index (Phi) is 2.63. The maximum Gasteiger partial charge on any atom is 0.417 e. The number of hydrogen-bond donors (Lipinski definition) is 1. The average molecular weight is 247 g/mol. The Hall–Kier alpha value is -1.49. The molecule has 84 valence electrons. The molecular formula is C10H6ClF3N2. The lowest BCUT2D eigenvalue weighted by molar-refractivity contribution is -0.137. The first-order chi connectivity index (χ1) is 7.50. The molecule has 2 rings (SSSR count). The first-order valence-electron chi connectivity index (χ1n) is 4.35. The van der Waals surface area contributed by atoms with Crippen LogP contribution in [0, 0.1) is 0 Å². The standard InChI is InChI=1S/C10H6ClF3N2/c11-8-5-15-16-9(8)6-3-1-2-4-7(6)10(12,13)14/h1-5H,(H,15,16). The fourth-order valence-electron chi connectivity index (χ4n) is 1.41. The van der Waals surface area contributed by atoms with Gasteiger partial charge >= 0.3 is 6.18 Å². The van der Waals surface area contributed by atoms with E-state index >= 15 is 0 Å². The van der Waals surface area contributed by atoms with Crippen LogP contribution in [-0.2, 0) is 6.18 Å². The molecule has 0 radical (unpaired) electrons. The summed E-state index contributed by atoms with van der Waals surface area (Å²) in [5, 5.41) is 6.21. The second-order valence-electron chi connectivity index (χ2n) is 3.14. The van der Waals surface area contributed by atoms with Gasteiger partial charge in [-0.15, -0.1) is 0 Å². The Morgan fingerprint density at radius 2 is 1.88 bits per heavy atom. The van der Waals surface area contributed by atoms with Crippen LogP contribution in [0.5, 0.6) is 0 Å². The fraction of sp³-hybridized carbons (Fsp3) is 0.100. The van der Waals surface area contributed by atoms with E-state index in [1.807, 2.05) is 0 Å². The Bertz CT molecular complexity index is 505. The second kappa shape index (κ2) is 3.83. The minimum absolute atomic E-state index is 0.00231. The third-order valence-corrected chi connectivity index (χ3v) is 2.38. The molecule has 6 heteroatoms. The van der Waals surface area contributed by atoms with Crippen molar-refractivity contribution in [1.82, 2.24) is 10.2 Å². The number of benzene rings is 1. The minimum Gasteiger partial charge on any atom is -0.276 e. The van der Waals surface area contributed by atoms with E-state index < -0.39 is 11.7 Å². The predicted octanol–water partition coefficient (Wildman–Crippen LogP) is 3.75. The highest BCUT2D eigenvalue weighted by Gasteiger charge is 2.34. The van der Waals surface area contributed by atoms with E-state index in [0.717, 1.165) is 6.07 Å². The molecule has 2 aromatic rings. The molecule has 16 heavy (non-hydrogen) atoms. The van der Waals surface area contributed by atoms with Gasteiger partial charge in [0, 0.05) is 5.56 Å². The van der Waals surface area contributed by atoms with E-state index in [1.165, 1.54) is 24.4 Å². The maximum absolute atomic E-state index is 12.7. The maximum atomic E-state index is 12.7. The molecule has 0 fully saturated rings. The highest BCUT2D eigenvalue weighted by molar-refractivity contribution is 6.33. The van der Waals surface area contributed by atoms with Gasteiger partial charge in [0.05, 0.1) is 22.5 Å². The zero-order valence-corrected chi connectivity index (χ0v) is 8.60. The number of aromatic amines is 1. The molecule has 0 aliphatic heterocycles. The van der Waals surface area contributed by atoms with Gasteiger partial charge in [0.2, 0.25) is 0 Å². The van der Waals surface area contributed by atoms with Gasteiger partial charge < -0.3 is 0 Å². The van der Waals surface area contributed by atoms with Crippen LogP contribution in [0.4, 0.5) is 13.2 Å². The van der Waals surface area contributed by atoms with E-state index in [9.17, 15) is 13.2 Å². The highest BCUT2D eigenvalue weighted by atomic mass is 35.5. The summed E-state index contributed by atoms with van der Waals surface area (Å²) in [6.45, 7) is 0. The van der Waals surface area contributed by atoms with Crippen molar-refractivity contribution in [1.29, 1.82) is 0 Å². The molecule has 0 aliphatic rings. The number of alkyl halides is 3. The summed E-state index contributed by atoms with van der Waals surface area (Å²) in [6, 6.07) is 5.20. The van der Waals surface area contributed by atoms with E-state index in [2.05, 4.69) is 10.2 Å². The third-order valence-electron chi connectivity index (χ3n) is 2.09. The molecule has 1 N–H and O–H groups in total. The summed E-state index contributed by atoms with van der Waals surface area (Å²) in [7, 11) is 0. The lowest BCUT2D eigenvalue weighted by Crippen LogP contribution is -2.07. The molecule has 1 aromatic heterocycles. The largest absolute Gasteiger partial charge is 0.417 e. The molecule has 0 atom stereocenters. The number of halogens is 4. The van der Waals surface area contributed by atoms with Crippen LogP contribution in [0.2, 0.25) is 5.02 Å². The van der Waals surface area contributed by atoms with Crippen LogP contribution in [0.15, 0.2) is 30.5 Å². The number of nitrogens with one attached hydrogen (secondary N) is 1. The molecule has 0 aliphatic carbocycles. The van der Waals surface area contributed by atoms with Crippen molar-refractivity contribution in [2.45, 2.75) is 6.18 Å². The zero-order chi connectivity index (χ0) is 11.8. The SMILES string of the molecule is FC(F)(F)c1ccccc1-c1[nH]ncc1Cl. The molecule has 0 amide bonds. The summed E-state index contributed by atoms with van der Waals surface area (Å²) in [4.78, 5) is 0. The summed E-state index contributed by atoms with van der Waals surface area (Å²) >= 11 is 5.74. The lowest BCUT2D eigenvalue weighted by Gasteiger charge is -2.11. The lowest BCUT2D eigenvalue weighted by atomic mass is 10.0. The molecule has 0 unspecified atom stereocenters. The van der Waals surface area contributed by atoms with Crippen molar-refractivity contribution in [3.63, 3.8) is 0 Å². The molecule has 1 aromatic carbocycles. The molecule has 0 saturated carbocycles. The zero-order valence-electron chi connectivity index (χ0n) is 7.85. The van der Waals surface area contributed by atoms with E-state index in [1.54, 1.807) is 0 Å². The van der Waals surface area contributed by atoms with E-state index in [4.69, 9.17) is 11.6 Å². The summed E-state index contributed by atoms with van der Waals surface area (Å²) in [5.41, 5.74) is -0.562. The number of hydrogen-bond acceptors (Lipinski definition) is 1. The Morgan fingerprint density at radius 3 is 2.44 bits per heavy atom. The molecule has 2 nitrogen and oxygen atoms in total. The summed E-state index contributed by atoms with van der Waals surface area (Å²) < 4.78 is 38.1. The van der Waals surface area contributed by atoms with Gasteiger partial charge in [-0.1, -0.05) is 29.8 Å². The first-order valence-corrected chi connectivity index (χ1v) is 4.73. The minimum atomic E-state index is -4.41. The number of H-pyrrole nitrogens is 1. The van der Waals surface area contributed by atoms with Crippen LogP contribution in [-0.4, -0.2) is 10.2 Å². The van der Waals surface area contributed by atoms with Crippen LogP contribution in [0.1, 0.15) is 5.56 Å². The van der Waals surface area contributed by atoms with Gasteiger partial charge in [-0.2, -0.15) is 18.3 Å². The second-order valence-corrected chi connectivity index (χ2v) is 3.54. The van der Waals surface area contributed by atoms with Crippen molar-refractivity contribution in [3.8, 4) is 11.3 Å². The monoisotopic (exact) mass is 246 g/mol.